The van der Waals surface area contributed by atoms with E-state index in [4.69, 9.17) is 9.47 Å². The topological polar surface area (TPSA) is 85.8 Å². The number of benzene rings is 3. The molecule has 5 rings (SSSR count). The number of pyridine rings is 1. The predicted octanol–water partition coefficient (Wildman–Crippen LogP) is 5.51. The van der Waals surface area contributed by atoms with Crippen LogP contribution in [0.3, 0.4) is 0 Å². The molecule has 3 aromatic carbocycles. The molecule has 7 nitrogen and oxygen atoms in total. The van der Waals surface area contributed by atoms with E-state index in [2.05, 4.69) is 49.9 Å². The highest BCUT2D eigenvalue weighted by Gasteiger charge is 2.01. The maximum absolute atomic E-state index is 5.92. The van der Waals surface area contributed by atoms with E-state index in [1.54, 1.807) is 0 Å². The van der Waals surface area contributed by atoms with Gasteiger partial charge in [-0.25, -0.2) is 4.98 Å². The normalized spacial score (nSPS) is 11.2. The Balaban J connectivity index is 1.09. The highest BCUT2D eigenvalue weighted by Crippen LogP contribution is 2.18. The van der Waals surface area contributed by atoms with Crippen molar-refractivity contribution in [1.29, 1.82) is 0 Å². The van der Waals surface area contributed by atoms with Gasteiger partial charge in [-0.05, 0) is 53.9 Å². The number of rotatable bonds is 10. The zero-order valence-corrected chi connectivity index (χ0v) is 19.2. The van der Waals surface area contributed by atoms with Gasteiger partial charge < -0.3 is 9.47 Å². The van der Waals surface area contributed by atoms with Crippen molar-refractivity contribution in [3.05, 3.63) is 108 Å². The van der Waals surface area contributed by atoms with E-state index in [-0.39, 0.29) is 0 Å². The zero-order valence-electron chi connectivity index (χ0n) is 19.2. The number of fused-ring (bicyclic) bond motifs is 1. The maximum atomic E-state index is 5.92. The molecular weight excluding hydrogens is 438 g/mol. The van der Waals surface area contributed by atoms with Gasteiger partial charge in [-0.1, -0.05) is 65.9 Å². The van der Waals surface area contributed by atoms with Crippen LogP contribution in [0.25, 0.3) is 23.1 Å². The molecule has 0 atom stereocenters. The average molecular weight is 464 g/mol. The Labute approximate surface area is 203 Å². The molecule has 0 aliphatic carbocycles. The first-order valence-corrected chi connectivity index (χ1v) is 11.5. The summed E-state index contributed by atoms with van der Waals surface area (Å²) in [5, 5.41) is 15.0. The summed E-state index contributed by atoms with van der Waals surface area (Å²) in [5.74, 6) is 2.37. The van der Waals surface area contributed by atoms with Gasteiger partial charge in [0.15, 0.2) is 5.82 Å². The van der Waals surface area contributed by atoms with Gasteiger partial charge in [0, 0.05) is 11.8 Å². The van der Waals surface area contributed by atoms with Crippen LogP contribution in [0.2, 0.25) is 0 Å². The quantitative estimate of drug-likeness (QED) is 0.217. The van der Waals surface area contributed by atoms with E-state index >= 15 is 0 Å². The lowest BCUT2D eigenvalue weighted by Crippen LogP contribution is -2.00. The molecule has 0 aliphatic rings. The lowest BCUT2D eigenvalue weighted by molar-refractivity contribution is 0.302. The Kier molecular flexibility index (Phi) is 7.05. The number of hydrogen-bond acceptors (Lipinski definition) is 6. The third-order valence-corrected chi connectivity index (χ3v) is 5.47. The average Bonchev–Trinajstić information content (AvgIpc) is 3.44. The summed E-state index contributed by atoms with van der Waals surface area (Å²) < 4.78 is 11.7. The van der Waals surface area contributed by atoms with E-state index in [1.165, 1.54) is 0 Å². The van der Waals surface area contributed by atoms with Gasteiger partial charge in [0.2, 0.25) is 0 Å². The van der Waals surface area contributed by atoms with Crippen molar-refractivity contribution in [2.45, 2.75) is 19.4 Å². The minimum atomic E-state index is 0.436. The lowest BCUT2D eigenvalue weighted by Gasteiger charge is -2.07. The monoisotopic (exact) mass is 463 g/mol. The van der Waals surface area contributed by atoms with Crippen LogP contribution in [-0.4, -0.2) is 32.2 Å². The Morgan fingerprint density at radius 1 is 0.743 bits per heavy atom. The van der Waals surface area contributed by atoms with Crippen molar-refractivity contribution in [1.82, 2.24) is 25.6 Å². The van der Waals surface area contributed by atoms with Gasteiger partial charge in [0.05, 0.1) is 17.8 Å². The van der Waals surface area contributed by atoms with Gasteiger partial charge in [0.1, 0.15) is 18.1 Å². The van der Waals surface area contributed by atoms with Crippen LogP contribution in [0.5, 0.6) is 11.5 Å². The van der Waals surface area contributed by atoms with Crippen LogP contribution >= 0.6 is 0 Å². The summed E-state index contributed by atoms with van der Waals surface area (Å²) in [6.45, 7) is 1.04. The van der Waals surface area contributed by atoms with Crippen molar-refractivity contribution in [2.75, 3.05) is 6.61 Å². The van der Waals surface area contributed by atoms with Crippen molar-refractivity contribution in [2.24, 2.45) is 0 Å². The molecule has 0 aliphatic heterocycles. The number of para-hydroxylation sites is 1. The molecule has 0 spiro atoms. The van der Waals surface area contributed by atoms with Gasteiger partial charge in [-0.15, -0.1) is 10.2 Å². The van der Waals surface area contributed by atoms with Gasteiger partial charge in [-0.3, -0.25) is 0 Å². The number of aryl methyl sites for hydroxylation is 1. The highest BCUT2D eigenvalue weighted by atomic mass is 16.5. The molecule has 1 N–H and O–H groups in total. The minimum absolute atomic E-state index is 0.436. The summed E-state index contributed by atoms with van der Waals surface area (Å²) in [6, 6.07) is 28.2. The second kappa shape index (κ2) is 11.1. The fourth-order valence-electron chi connectivity index (χ4n) is 3.60. The molecule has 7 heteroatoms. The second-order valence-corrected chi connectivity index (χ2v) is 8.04. The van der Waals surface area contributed by atoms with Crippen LogP contribution in [-0.2, 0) is 13.0 Å². The molecule has 0 fully saturated rings. The Bertz CT molecular complexity index is 1380. The van der Waals surface area contributed by atoms with Crippen LogP contribution in [0.15, 0.2) is 84.9 Å². The molecule has 0 radical (unpaired) electrons. The number of hydrogen-bond donors (Lipinski definition) is 1. The van der Waals surface area contributed by atoms with Crippen molar-refractivity contribution in [3.8, 4) is 11.5 Å². The SMILES string of the molecule is C(=Cc1ccc(OCc2ccc3ccccc3n2)cc1)c1ccc(OCCCc2nn[nH]n2)cc1. The van der Waals surface area contributed by atoms with Gasteiger partial charge in [-0.2, -0.15) is 5.21 Å². The molecule has 5 aromatic rings. The van der Waals surface area contributed by atoms with Crippen LogP contribution in [0.1, 0.15) is 29.1 Å². The maximum Gasteiger partial charge on any atom is 0.174 e. The molecule has 35 heavy (non-hydrogen) atoms. The number of aromatic amines is 1. The van der Waals surface area contributed by atoms with Crippen molar-refractivity contribution < 1.29 is 9.47 Å². The number of ether oxygens (including phenoxy) is 2. The molecule has 174 valence electrons. The summed E-state index contributed by atoms with van der Waals surface area (Å²) in [4.78, 5) is 4.65. The number of aromatic nitrogens is 5. The molecule has 0 bridgehead atoms. The summed E-state index contributed by atoms with van der Waals surface area (Å²) >= 11 is 0. The lowest BCUT2D eigenvalue weighted by atomic mass is 10.1. The first kappa shape index (κ1) is 22.3. The number of nitrogens with zero attached hydrogens (tertiary/aromatic N) is 4. The van der Waals surface area contributed by atoms with Crippen LogP contribution in [0.4, 0.5) is 0 Å². The van der Waals surface area contributed by atoms with E-state index in [9.17, 15) is 0 Å². The number of tetrazole rings is 1. The van der Waals surface area contributed by atoms with E-state index in [1.807, 2.05) is 72.8 Å². The van der Waals surface area contributed by atoms with Crippen LogP contribution in [0, 0.1) is 0 Å². The Morgan fingerprint density at radius 2 is 1.46 bits per heavy atom. The molecular formula is C28H25N5O2. The molecule has 2 aromatic heterocycles. The largest absolute Gasteiger partial charge is 0.494 e. The Morgan fingerprint density at radius 3 is 2.17 bits per heavy atom. The van der Waals surface area contributed by atoms with Crippen molar-refractivity contribution in [3.63, 3.8) is 0 Å². The predicted molar refractivity (Wildman–Crippen MR) is 136 cm³/mol. The van der Waals surface area contributed by atoms with E-state index in [0.717, 1.165) is 52.1 Å². The van der Waals surface area contributed by atoms with Gasteiger partial charge in [0.25, 0.3) is 0 Å². The fraction of sp³-hybridized carbons (Fsp3) is 0.143. The molecule has 0 unspecified atom stereocenters. The van der Waals surface area contributed by atoms with Crippen molar-refractivity contribution >= 4 is 23.1 Å². The minimum Gasteiger partial charge on any atom is -0.494 e. The Hall–Kier alpha value is -4.52. The number of H-pyrrole nitrogens is 1. The molecule has 0 amide bonds. The fourth-order valence-corrected chi connectivity index (χ4v) is 3.60. The summed E-state index contributed by atoms with van der Waals surface area (Å²) in [6.07, 6.45) is 5.73. The van der Waals surface area contributed by atoms with Crippen LogP contribution < -0.4 is 9.47 Å². The second-order valence-electron chi connectivity index (χ2n) is 8.04. The molecule has 2 heterocycles. The summed E-state index contributed by atoms with van der Waals surface area (Å²) in [7, 11) is 0. The molecule has 0 saturated carbocycles. The van der Waals surface area contributed by atoms with E-state index in [0.29, 0.717) is 19.0 Å². The third kappa shape index (κ3) is 6.29. The molecule has 0 saturated heterocycles. The third-order valence-electron chi connectivity index (χ3n) is 5.47. The summed E-state index contributed by atoms with van der Waals surface area (Å²) in [5.41, 5.74) is 4.09. The highest BCUT2D eigenvalue weighted by molar-refractivity contribution is 5.78. The zero-order chi connectivity index (χ0) is 23.7. The van der Waals surface area contributed by atoms with Gasteiger partial charge >= 0.3 is 0 Å². The number of nitrogens with one attached hydrogen (secondary N) is 1. The first-order valence-electron chi connectivity index (χ1n) is 11.5. The smallest absolute Gasteiger partial charge is 0.174 e. The standard InChI is InChI=1S/C28H25N5O2/c1-2-5-27-23(4-1)13-14-24(29-27)20-35-26-17-11-22(12-18-26)8-7-21-9-15-25(16-10-21)34-19-3-6-28-30-32-33-31-28/h1-2,4-5,7-18H,3,6,19-20H2,(H,30,31,32,33). The van der Waals surface area contributed by atoms with E-state index < -0.39 is 0 Å². The first-order chi connectivity index (χ1) is 17.3.